The van der Waals surface area contributed by atoms with Gasteiger partial charge in [-0.3, -0.25) is 9.59 Å². The van der Waals surface area contributed by atoms with Crippen molar-refractivity contribution in [2.45, 2.75) is 6.42 Å². The monoisotopic (exact) mass is 273 g/mol. The number of pyridine rings is 1. The van der Waals surface area contributed by atoms with Crippen molar-refractivity contribution in [2.24, 2.45) is 0 Å². The molecular weight excluding hydrogens is 258 g/mol. The SMILES string of the molecule is CS(=O)(=O)NCCCNC(=O)c1cc[nH]c(=O)c1. The molecule has 3 N–H and O–H groups in total. The Morgan fingerprint density at radius 3 is 2.72 bits per heavy atom. The van der Waals surface area contributed by atoms with Crippen molar-refractivity contribution in [3.05, 3.63) is 34.2 Å². The topological polar surface area (TPSA) is 108 Å². The van der Waals surface area contributed by atoms with Crippen molar-refractivity contribution >= 4 is 15.9 Å². The molecule has 1 aromatic rings. The van der Waals surface area contributed by atoms with E-state index < -0.39 is 10.0 Å². The van der Waals surface area contributed by atoms with Crippen LogP contribution in [0.2, 0.25) is 0 Å². The molecule has 1 aromatic heterocycles. The van der Waals surface area contributed by atoms with Gasteiger partial charge in [0.15, 0.2) is 0 Å². The highest BCUT2D eigenvalue weighted by Crippen LogP contribution is 1.92. The molecule has 0 saturated carbocycles. The third kappa shape index (κ3) is 5.60. The first-order valence-electron chi connectivity index (χ1n) is 5.30. The van der Waals surface area contributed by atoms with E-state index in [1.165, 1.54) is 18.3 Å². The van der Waals surface area contributed by atoms with E-state index in [1.807, 2.05) is 0 Å². The smallest absolute Gasteiger partial charge is 0.251 e. The van der Waals surface area contributed by atoms with E-state index in [1.54, 1.807) is 0 Å². The van der Waals surface area contributed by atoms with Crippen molar-refractivity contribution in [1.82, 2.24) is 15.0 Å². The van der Waals surface area contributed by atoms with Crippen molar-refractivity contribution < 1.29 is 13.2 Å². The first-order chi connectivity index (χ1) is 8.38. The number of rotatable bonds is 6. The molecule has 0 aliphatic rings. The zero-order chi connectivity index (χ0) is 13.6. The molecule has 8 heteroatoms. The summed E-state index contributed by atoms with van der Waals surface area (Å²) in [5, 5.41) is 2.59. The average molecular weight is 273 g/mol. The van der Waals surface area contributed by atoms with Gasteiger partial charge in [0.25, 0.3) is 5.91 Å². The van der Waals surface area contributed by atoms with Crippen LogP contribution < -0.4 is 15.6 Å². The molecule has 7 nitrogen and oxygen atoms in total. The predicted octanol–water partition coefficient (Wildman–Crippen LogP) is -0.956. The average Bonchev–Trinajstić information content (AvgIpc) is 2.26. The summed E-state index contributed by atoms with van der Waals surface area (Å²) >= 11 is 0. The molecule has 1 heterocycles. The van der Waals surface area contributed by atoms with Gasteiger partial charge in [-0.15, -0.1) is 0 Å². The number of carbonyl (C=O) groups excluding carboxylic acids is 1. The fourth-order valence-corrected chi connectivity index (χ4v) is 1.75. The molecule has 0 spiro atoms. The molecule has 0 radical (unpaired) electrons. The number of aromatic amines is 1. The summed E-state index contributed by atoms with van der Waals surface area (Å²) in [7, 11) is -3.19. The standard InChI is InChI=1S/C10H15N3O4S/c1-18(16,17)13-5-2-4-12-10(15)8-3-6-11-9(14)7-8/h3,6-7,13H,2,4-5H2,1H3,(H,11,14)(H,12,15). The van der Waals surface area contributed by atoms with E-state index in [0.717, 1.165) is 6.26 Å². The summed E-state index contributed by atoms with van der Waals surface area (Å²) in [4.78, 5) is 24.9. The molecule has 0 fully saturated rings. The van der Waals surface area contributed by atoms with E-state index in [0.29, 0.717) is 13.0 Å². The predicted molar refractivity (Wildman–Crippen MR) is 66.9 cm³/mol. The normalized spacial score (nSPS) is 11.2. The minimum Gasteiger partial charge on any atom is -0.352 e. The van der Waals surface area contributed by atoms with Gasteiger partial charge in [-0.2, -0.15) is 0 Å². The second kappa shape index (κ2) is 6.31. The summed E-state index contributed by atoms with van der Waals surface area (Å²) < 4.78 is 23.8. The van der Waals surface area contributed by atoms with Gasteiger partial charge >= 0.3 is 0 Å². The Bertz CT molecular complexity index is 564. The van der Waals surface area contributed by atoms with E-state index in [4.69, 9.17) is 0 Å². The highest BCUT2D eigenvalue weighted by atomic mass is 32.2. The van der Waals surface area contributed by atoms with Gasteiger partial charge in [0.2, 0.25) is 15.6 Å². The number of aromatic nitrogens is 1. The van der Waals surface area contributed by atoms with Crippen LogP contribution in [-0.2, 0) is 10.0 Å². The number of H-pyrrole nitrogens is 1. The minimum atomic E-state index is -3.19. The lowest BCUT2D eigenvalue weighted by atomic mass is 10.2. The molecule has 100 valence electrons. The lowest BCUT2D eigenvalue weighted by Gasteiger charge is -2.05. The van der Waals surface area contributed by atoms with Crippen molar-refractivity contribution in [3.8, 4) is 0 Å². The summed E-state index contributed by atoms with van der Waals surface area (Å²) in [6, 6.07) is 2.69. The van der Waals surface area contributed by atoms with Crippen molar-refractivity contribution in [2.75, 3.05) is 19.3 Å². The summed E-state index contributed by atoms with van der Waals surface area (Å²) in [5.74, 6) is -0.361. The number of hydrogen-bond acceptors (Lipinski definition) is 4. The number of carbonyl (C=O) groups is 1. The Kier molecular flexibility index (Phi) is 5.05. The zero-order valence-electron chi connectivity index (χ0n) is 9.89. The third-order valence-electron chi connectivity index (χ3n) is 2.04. The second-order valence-electron chi connectivity index (χ2n) is 3.72. The van der Waals surface area contributed by atoms with Gasteiger partial charge in [0.1, 0.15) is 0 Å². The van der Waals surface area contributed by atoms with Crippen LogP contribution in [0.5, 0.6) is 0 Å². The molecule has 1 amide bonds. The fraction of sp³-hybridized carbons (Fsp3) is 0.400. The lowest BCUT2D eigenvalue weighted by molar-refractivity contribution is 0.0953. The van der Waals surface area contributed by atoms with E-state index in [9.17, 15) is 18.0 Å². The van der Waals surface area contributed by atoms with Crippen LogP contribution in [0.25, 0.3) is 0 Å². The molecule has 18 heavy (non-hydrogen) atoms. The fourth-order valence-electron chi connectivity index (χ4n) is 1.24. The third-order valence-corrected chi connectivity index (χ3v) is 2.77. The summed E-state index contributed by atoms with van der Waals surface area (Å²) in [6.45, 7) is 0.586. The van der Waals surface area contributed by atoms with E-state index >= 15 is 0 Å². The highest BCUT2D eigenvalue weighted by molar-refractivity contribution is 7.88. The molecule has 0 aromatic carbocycles. The summed E-state index contributed by atoms with van der Waals surface area (Å²) in [5.41, 5.74) is -0.0729. The highest BCUT2D eigenvalue weighted by Gasteiger charge is 2.05. The lowest BCUT2D eigenvalue weighted by Crippen LogP contribution is -2.29. The number of nitrogens with one attached hydrogen (secondary N) is 3. The van der Waals surface area contributed by atoms with Crippen molar-refractivity contribution in [1.29, 1.82) is 0 Å². The van der Waals surface area contributed by atoms with Crippen LogP contribution in [0.15, 0.2) is 23.1 Å². The number of amides is 1. The Labute approximate surface area is 105 Å². The van der Waals surface area contributed by atoms with Crippen molar-refractivity contribution in [3.63, 3.8) is 0 Å². The van der Waals surface area contributed by atoms with Gasteiger partial charge in [-0.25, -0.2) is 13.1 Å². The molecular formula is C10H15N3O4S. The summed E-state index contributed by atoms with van der Waals surface area (Å²) in [6.07, 6.45) is 2.94. The van der Waals surface area contributed by atoms with E-state index in [-0.39, 0.29) is 23.6 Å². The van der Waals surface area contributed by atoms with Gasteiger partial charge in [0, 0.05) is 30.9 Å². The van der Waals surface area contributed by atoms with Gasteiger partial charge in [0.05, 0.1) is 6.26 Å². The number of hydrogen-bond donors (Lipinski definition) is 3. The maximum atomic E-state index is 11.6. The Balaban J connectivity index is 2.32. The Morgan fingerprint density at radius 2 is 2.11 bits per heavy atom. The van der Waals surface area contributed by atoms with Crippen LogP contribution in [0.3, 0.4) is 0 Å². The molecule has 0 unspecified atom stereocenters. The van der Waals surface area contributed by atoms with Gasteiger partial charge < -0.3 is 10.3 Å². The molecule has 0 bridgehead atoms. The van der Waals surface area contributed by atoms with Crippen LogP contribution in [-0.4, -0.2) is 38.7 Å². The Hall–Kier alpha value is -1.67. The largest absolute Gasteiger partial charge is 0.352 e. The second-order valence-corrected chi connectivity index (χ2v) is 5.55. The quantitative estimate of drug-likeness (QED) is 0.580. The molecule has 1 rings (SSSR count). The maximum absolute atomic E-state index is 11.6. The zero-order valence-corrected chi connectivity index (χ0v) is 10.7. The first-order valence-corrected chi connectivity index (χ1v) is 7.19. The number of sulfonamides is 1. The minimum absolute atomic E-state index is 0.258. The van der Waals surface area contributed by atoms with Crippen LogP contribution in [0.4, 0.5) is 0 Å². The molecule has 0 aliphatic heterocycles. The van der Waals surface area contributed by atoms with Crippen LogP contribution in [0.1, 0.15) is 16.8 Å². The molecule has 0 atom stereocenters. The first kappa shape index (κ1) is 14.4. The maximum Gasteiger partial charge on any atom is 0.251 e. The van der Waals surface area contributed by atoms with Gasteiger partial charge in [-0.1, -0.05) is 0 Å². The van der Waals surface area contributed by atoms with Crippen LogP contribution >= 0.6 is 0 Å². The van der Waals surface area contributed by atoms with Gasteiger partial charge in [-0.05, 0) is 12.5 Å². The molecule has 0 aliphatic carbocycles. The van der Waals surface area contributed by atoms with Crippen LogP contribution in [0, 0.1) is 0 Å². The molecule has 0 saturated heterocycles. The Morgan fingerprint density at radius 1 is 1.39 bits per heavy atom. The van der Waals surface area contributed by atoms with E-state index in [2.05, 4.69) is 15.0 Å².